The fraction of sp³-hybridized carbons (Fsp3) is 0.529. The van der Waals surface area contributed by atoms with Crippen molar-refractivity contribution in [2.75, 3.05) is 19.6 Å². The Morgan fingerprint density at radius 2 is 1.96 bits per heavy atom. The Balaban J connectivity index is 2.03. The Morgan fingerprint density at radius 1 is 1.29 bits per heavy atom. The van der Waals surface area contributed by atoms with Crippen LogP contribution in [0.1, 0.15) is 38.1 Å². The van der Waals surface area contributed by atoms with Crippen molar-refractivity contribution in [3.8, 4) is 0 Å². The fourth-order valence-corrected chi connectivity index (χ4v) is 2.92. The van der Waals surface area contributed by atoms with Crippen LogP contribution >= 0.6 is 15.9 Å². The number of piperazine rings is 1. The molecule has 2 rings (SSSR count). The molecule has 1 atom stereocenters. The number of ether oxygens (including phenoxy) is 1. The molecule has 5 nitrogen and oxygen atoms in total. The Kier molecular flexibility index (Phi) is 5.52. The van der Waals surface area contributed by atoms with E-state index in [-0.39, 0.29) is 22.5 Å². The highest BCUT2D eigenvalue weighted by Gasteiger charge is 2.32. The highest BCUT2D eigenvalue weighted by molar-refractivity contribution is 9.10. The van der Waals surface area contributed by atoms with Gasteiger partial charge in [0.2, 0.25) is 0 Å². The number of hydrogen-bond donors (Lipinski definition) is 0. The predicted molar refractivity (Wildman–Crippen MR) is 92.4 cm³/mol. The van der Waals surface area contributed by atoms with E-state index in [1.165, 1.54) is 18.2 Å². The van der Waals surface area contributed by atoms with E-state index in [4.69, 9.17) is 4.74 Å². The molecule has 1 heterocycles. The van der Waals surface area contributed by atoms with Crippen molar-refractivity contribution in [3.63, 3.8) is 0 Å². The van der Waals surface area contributed by atoms with Gasteiger partial charge in [-0.3, -0.25) is 4.79 Å². The minimum Gasteiger partial charge on any atom is -0.444 e. The van der Waals surface area contributed by atoms with Gasteiger partial charge in [0, 0.05) is 31.2 Å². The Hall–Kier alpha value is -1.63. The fourth-order valence-electron chi connectivity index (χ4n) is 2.55. The van der Waals surface area contributed by atoms with Gasteiger partial charge in [-0.2, -0.15) is 0 Å². The van der Waals surface area contributed by atoms with Crippen molar-refractivity contribution < 1.29 is 18.7 Å². The smallest absolute Gasteiger partial charge is 0.410 e. The van der Waals surface area contributed by atoms with Gasteiger partial charge in [0.15, 0.2) is 0 Å². The van der Waals surface area contributed by atoms with Gasteiger partial charge in [-0.05, 0) is 61.8 Å². The van der Waals surface area contributed by atoms with Crippen LogP contribution in [0.5, 0.6) is 0 Å². The second kappa shape index (κ2) is 7.09. The SMILES string of the molecule is CC1CN(C(=O)c2ccc(F)c(Br)c2)CCN1C(=O)OC(C)(C)C. The molecule has 0 spiro atoms. The van der Waals surface area contributed by atoms with Gasteiger partial charge in [-0.25, -0.2) is 9.18 Å². The lowest BCUT2D eigenvalue weighted by Gasteiger charge is -2.40. The summed E-state index contributed by atoms with van der Waals surface area (Å²) < 4.78 is 19.0. The highest BCUT2D eigenvalue weighted by atomic mass is 79.9. The number of halogens is 2. The minimum absolute atomic E-state index is 0.151. The van der Waals surface area contributed by atoms with Crippen LogP contribution in [0, 0.1) is 5.82 Å². The lowest BCUT2D eigenvalue weighted by atomic mass is 10.1. The zero-order valence-corrected chi connectivity index (χ0v) is 15.9. The van der Waals surface area contributed by atoms with Crippen LogP contribution in [-0.2, 0) is 4.74 Å². The summed E-state index contributed by atoms with van der Waals surface area (Å²) in [6.07, 6.45) is -0.369. The van der Waals surface area contributed by atoms with Gasteiger partial charge in [0.1, 0.15) is 11.4 Å². The van der Waals surface area contributed by atoms with Crippen molar-refractivity contribution in [3.05, 3.63) is 34.1 Å². The van der Waals surface area contributed by atoms with Crippen LogP contribution in [0.15, 0.2) is 22.7 Å². The summed E-state index contributed by atoms with van der Waals surface area (Å²) in [5.41, 5.74) is -0.134. The molecule has 1 unspecified atom stereocenters. The molecule has 1 fully saturated rings. The standard InChI is InChI=1S/C17H22BrFN2O3/c1-11-10-20(7-8-21(11)16(23)24-17(2,3)4)15(22)12-5-6-14(19)13(18)9-12/h5-6,9,11H,7-8,10H2,1-4H3. The second-order valence-corrected chi connectivity index (χ2v) is 7.76. The summed E-state index contributed by atoms with van der Waals surface area (Å²) in [5, 5.41) is 0. The van der Waals surface area contributed by atoms with E-state index in [0.717, 1.165) is 0 Å². The monoisotopic (exact) mass is 400 g/mol. The highest BCUT2D eigenvalue weighted by Crippen LogP contribution is 2.20. The molecule has 1 aromatic carbocycles. The van der Waals surface area contributed by atoms with Crippen molar-refractivity contribution in [2.45, 2.75) is 39.3 Å². The summed E-state index contributed by atoms with van der Waals surface area (Å²) >= 11 is 3.09. The number of carbonyl (C=O) groups is 2. The van der Waals surface area contributed by atoms with Crippen LogP contribution in [-0.4, -0.2) is 53.1 Å². The number of benzene rings is 1. The molecule has 0 radical (unpaired) electrons. The maximum Gasteiger partial charge on any atom is 0.410 e. The average molecular weight is 401 g/mol. The van der Waals surface area contributed by atoms with E-state index in [1.54, 1.807) is 9.80 Å². The quantitative estimate of drug-likeness (QED) is 0.722. The summed E-state index contributed by atoms with van der Waals surface area (Å²) in [6.45, 7) is 8.57. The summed E-state index contributed by atoms with van der Waals surface area (Å²) in [7, 11) is 0. The molecular formula is C17H22BrFN2O3. The molecule has 132 valence electrons. The van der Waals surface area contributed by atoms with E-state index >= 15 is 0 Å². The molecule has 0 bridgehead atoms. The Labute approximate surface area is 149 Å². The second-order valence-electron chi connectivity index (χ2n) is 6.90. The van der Waals surface area contributed by atoms with E-state index in [2.05, 4.69) is 15.9 Å². The van der Waals surface area contributed by atoms with Crippen molar-refractivity contribution in [2.24, 2.45) is 0 Å². The van der Waals surface area contributed by atoms with E-state index < -0.39 is 11.4 Å². The lowest BCUT2D eigenvalue weighted by Crippen LogP contribution is -2.56. The van der Waals surface area contributed by atoms with Crippen LogP contribution in [0.3, 0.4) is 0 Å². The largest absolute Gasteiger partial charge is 0.444 e. The third kappa shape index (κ3) is 4.47. The first-order chi connectivity index (χ1) is 11.1. The molecule has 2 amide bonds. The van der Waals surface area contributed by atoms with E-state index in [1.807, 2.05) is 27.7 Å². The van der Waals surface area contributed by atoms with Crippen LogP contribution < -0.4 is 0 Å². The van der Waals surface area contributed by atoms with Crippen molar-refractivity contribution in [1.82, 2.24) is 9.80 Å². The van der Waals surface area contributed by atoms with Gasteiger partial charge in [-0.15, -0.1) is 0 Å². The maximum atomic E-state index is 13.3. The number of amides is 2. The van der Waals surface area contributed by atoms with Crippen LogP contribution in [0.25, 0.3) is 0 Å². The first kappa shape index (κ1) is 18.7. The molecule has 1 aliphatic rings. The third-order valence-electron chi connectivity index (χ3n) is 3.71. The molecular weight excluding hydrogens is 379 g/mol. The van der Waals surface area contributed by atoms with Gasteiger partial charge in [0.05, 0.1) is 4.47 Å². The van der Waals surface area contributed by atoms with Crippen molar-refractivity contribution >= 4 is 27.9 Å². The number of rotatable bonds is 1. The topological polar surface area (TPSA) is 49.9 Å². The zero-order valence-electron chi connectivity index (χ0n) is 14.3. The lowest BCUT2D eigenvalue weighted by molar-refractivity contribution is 0.00198. The van der Waals surface area contributed by atoms with E-state index in [0.29, 0.717) is 25.2 Å². The normalized spacial score (nSPS) is 18.5. The molecule has 1 aliphatic heterocycles. The molecule has 24 heavy (non-hydrogen) atoms. The number of carbonyl (C=O) groups excluding carboxylic acids is 2. The third-order valence-corrected chi connectivity index (χ3v) is 4.32. The summed E-state index contributed by atoms with van der Waals surface area (Å²) in [4.78, 5) is 28.1. The Morgan fingerprint density at radius 3 is 2.50 bits per heavy atom. The molecule has 1 aromatic rings. The molecule has 1 saturated heterocycles. The van der Waals surface area contributed by atoms with Gasteiger partial charge < -0.3 is 14.5 Å². The van der Waals surface area contributed by atoms with Crippen LogP contribution in [0.4, 0.5) is 9.18 Å². The van der Waals surface area contributed by atoms with Gasteiger partial charge >= 0.3 is 6.09 Å². The first-order valence-corrected chi connectivity index (χ1v) is 8.62. The van der Waals surface area contributed by atoms with Gasteiger partial charge in [0.25, 0.3) is 5.91 Å². The van der Waals surface area contributed by atoms with Gasteiger partial charge in [-0.1, -0.05) is 0 Å². The number of nitrogens with zero attached hydrogens (tertiary/aromatic N) is 2. The summed E-state index contributed by atoms with van der Waals surface area (Å²) in [5.74, 6) is -0.582. The molecule has 7 heteroatoms. The average Bonchev–Trinajstić information content (AvgIpc) is 2.47. The summed E-state index contributed by atoms with van der Waals surface area (Å²) in [6, 6.07) is 4.05. The molecule has 0 aliphatic carbocycles. The van der Waals surface area contributed by atoms with E-state index in [9.17, 15) is 14.0 Å². The van der Waals surface area contributed by atoms with Crippen molar-refractivity contribution in [1.29, 1.82) is 0 Å². The van der Waals surface area contributed by atoms with Crippen LogP contribution in [0.2, 0.25) is 0 Å². The minimum atomic E-state index is -0.551. The predicted octanol–water partition coefficient (Wildman–Crippen LogP) is 3.67. The maximum absolute atomic E-state index is 13.3. The Bertz CT molecular complexity index is 645. The zero-order chi connectivity index (χ0) is 18.1. The molecule has 0 N–H and O–H groups in total. The number of hydrogen-bond acceptors (Lipinski definition) is 3. The first-order valence-electron chi connectivity index (χ1n) is 7.82. The molecule has 0 saturated carbocycles. The molecule has 0 aromatic heterocycles.